The zero-order chi connectivity index (χ0) is 13.8. The van der Waals surface area contributed by atoms with Gasteiger partial charge in [-0.25, -0.2) is 4.98 Å². The maximum atomic E-state index is 11.2. The third-order valence-electron chi connectivity index (χ3n) is 3.75. The Morgan fingerprint density at radius 3 is 2.79 bits per heavy atom. The second-order valence-electron chi connectivity index (χ2n) is 4.95. The maximum Gasteiger partial charge on any atom is 0.220 e. The van der Waals surface area contributed by atoms with Crippen LogP contribution in [-0.2, 0) is 10.7 Å². The Kier molecular flexibility index (Phi) is 5.19. The molecule has 1 saturated heterocycles. The smallest absolute Gasteiger partial charge is 0.220 e. The van der Waals surface area contributed by atoms with Crippen molar-refractivity contribution in [2.45, 2.75) is 38.1 Å². The van der Waals surface area contributed by atoms with Crippen molar-refractivity contribution in [2.24, 2.45) is 11.7 Å². The van der Waals surface area contributed by atoms with Gasteiger partial charge in [0.15, 0.2) is 0 Å². The normalized spacial score (nSPS) is 19.5. The van der Waals surface area contributed by atoms with Crippen molar-refractivity contribution in [1.82, 2.24) is 9.88 Å². The molecule has 0 radical (unpaired) electrons. The van der Waals surface area contributed by atoms with Gasteiger partial charge in [-0.15, -0.1) is 22.9 Å². The van der Waals surface area contributed by atoms with Crippen LogP contribution in [0.3, 0.4) is 0 Å². The minimum absolute atomic E-state index is 0.0449. The summed E-state index contributed by atoms with van der Waals surface area (Å²) in [4.78, 5) is 18.2. The van der Waals surface area contributed by atoms with E-state index in [4.69, 9.17) is 17.3 Å². The number of hydrogen-bond acceptors (Lipinski definition) is 4. The number of alkyl halides is 1. The molecule has 1 unspecified atom stereocenters. The molecule has 2 heterocycles. The Morgan fingerprint density at radius 1 is 1.63 bits per heavy atom. The zero-order valence-corrected chi connectivity index (χ0v) is 12.7. The standard InChI is InChI=1S/C13H20ClN3OS/c1-2-11(13-16-10(7-14)8-19-13)17-5-3-9(4-6-17)12(15)18/h8-9,11H,2-7H2,1H3,(H2,15,18). The van der Waals surface area contributed by atoms with Crippen molar-refractivity contribution < 1.29 is 4.79 Å². The molecule has 1 fully saturated rings. The molecular weight excluding hydrogens is 282 g/mol. The lowest BCUT2D eigenvalue weighted by atomic mass is 9.95. The third-order valence-corrected chi connectivity index (χ3v) is 5.02. The Balaban J connectivity index is 2.01. The van der Waals surface area contributed by atoms with E-state index in [9.17, 15) is 4.79 Å². The number of amides is 1. The maximum absolute atomic E-state index is 11.2. The van der Waals surface area contributed by atoms with Crippen LogP contribution in [0.1, 0.15) is 42.9 Å². The fourth-order valence-corrected chi connectivity index (χ4v) is 3.89. The van der Waals surface area contributed by atoms with Gasteiger partial charge in [-0.1, -0.05) is 6.92 Å². The quantitative estimate of drug-likeness (QED) is 0.850. The van der Waals surface area contributed by atoms with Crippen LogP contribution in [0.2, 0.25) is 0 Å². The van der Waals surface area contributed by atoms with Gasteiger partial charge >= 0.3 is 0 Å². The van der Waals surface area contributed by atoms with E-state index in [2.05, 4.69) is 16.8 Å². The Hall–Kier alpha value is -0.650. The number of likely N-dealkylation sites (tertiary alicyclic amines) is 1. The Bertz CT molecular complexity index is 429. The molecule has 0 spiro atoms. The van der Waals surface area contributed by atoms with Crippen LogP contribution in [0.25, 0.3) is 0 Å². The minimum atomic E-state index is -0.161. The number of carbonyl (C=O) groups excluding carboxylic acids is 1. The average molecular weight is 302 g/mol. The molecule has 106 valence electrons. The van der Waals surface area contributed by atoms with Gasteiger partial charge in [0.25, 0.3) is 0 Å². The molecule has 6 heteroatoms. The van der Waals surface area contributed by atoms with E-state index in [0.717, 1.165) is 43.1 Å². The first-order valence-corrected chi connectivity index (χ1v) is 8.10. The fraction of sp³-hybridized carbons (Fsp3) is 0.692. The summed E-state index contributed by atoms with van der Waals surface area (Å²) in [7, 11) is 0. The molecule has 1 aliphatic rings. The fourth-order valence-electron chi connectivity index (χ4n) is 2.62. The number of piperidine rings is 1. The summed E-state index contributed by atoms with van der Waals surface area (Å²) in [6.07, 6.45) is 2.75. The second kappa shape index (κ2) is 6.68. The van der Waals surface area contributed by atoms with Crippen molar-refractivity contribution in [3.63, 3.8) is 0 Å². The first kappa shape index (κ1) is 14.8. The number of hydrogen-bond donors (Lipinski definition) is 1. The molecule has 1 aliphatic heterocycles. The monoisotopic (exact) mass is 301 g/mol. The van der Waals surface area contributed by atoms with Gasteiger partial charge in [-0.3, -0.25) is 9.69 Å². The van der Waals surface area contributed by atoms with Crippen LogP contribution in [0.4, 0.5) is 0 Å². The van der Waals surface area contributed by atoms with E-state index in [1.54, 1.807) is 11.3 Å². The highest BCUT2D eigenvalue weighted by Gasteiger charge is 2.28. The van der Waals surface area contributed by atoms with E-state index in [0.29, 0.717) is 11.9 Å². The number of rotatable bonds is 5. The highest BCUT2D eigenvalue weighted by Crippen LogP contribution is 2.31. The van der Waals surface area contributed by atoms with Crippen molar-refractivity contribution in [3.05, 3.63) is 16.1 Å². The largest absolute Gasteiger partial charge is 0.369 e. The van der Waals surface area contributed by atoms with Crippen LogP contribution in [0, 0.1) is 5.92 Å². The van der Waals surface area contributed by atoms with Crippen molar-refractivity contribution in [3.8, 4) is 0 Å². The molecule has 0 aliphatic carbocycles. The highest BCUT2D eigenvalue weighted by atomic mass is 35.5. The lowest BCUT2D eigenvalue weighted by Gasteiger charge is -2.35. The van der Waals surface area contributed by atoms with Crippen LogP contribution in [0.15, 0.2) is 5.38 Å². The van der Waals surface area contributed by atoms with Gasteiger partial charge in [-0.05, 0) is 32.4 Å². The van der Waals surface area contributed by atoms with Gasteiger partial charge in [0.2, 0.25) is 5.91 Å². The van der Waals surface area contributed by atoms with Crippen LogP contribution in [-0.4, -0.2) is 28.9 Å². The SMILES string of the molecule is CCC(c1nc(CCl)cs1)N1CCC(C(N)=O)CC1. The average Bonchev–Trinajstić information content (AvgIpc) is 2.89. The van der Waals surface area contributed by atoms with Gasteiger partial charge in [0, 0.05) is 11.3 Å². The summed E-state index contributed by atoms with van der Waals surface area (Å²) in [6, 6.07) is 0.343. The van der Waals surface area contributed by atoms with Crippen molar-refractivity contribution >= 4 is 28.8 Å². The molecule has 2 rings (SSSR count). The molecule has 1 atom stereocenters. The van der Waals surface area contributed by atoms with Crippen molar-refractivity contribution in [1.29, 1.82) is 0 Å². The summed E-state index contributed by atoms with van der Waals surface area (Å²) < 4.78 is 0. The summed E-state index contributed by atoms with van der Waals surface area (Å²) in [5, 5.41) is 3.16. The first-order chi connectivity index (χ1) is 9.15. The molecule has 0 saturated carbocycles. The van der Waals surface area contributed by atoms with E-state index in [1.165, 1.54) is 0 Å². The molecule has 19 heavy (non-hydrogen) atoms. The minimum Gasteiger partial charge on any atom is -0.369 e. The van der Waals surface area contributed by atoms with Gasteiger partial charge < -0.3 is 5.73 Å². The predicted octanol–water partition coefficient (Wildman–Crippen LogP) is 2.53. The number of primary amides is 1. The molecule has 0 aromatic carbocycles. The van der Waals surface area contributed by atoms with Crippen LogP contribution < -0.4 is 5.73 Å². The number of nitrogens with two attached hydrogens (primary N) is 1. The van der Waals surface area contributed by atoms with Crippen LogP contribution in [0.5, 0.6) is 0 Å². The number of thiazole rings is 1. The zero-order valence-electron chi connectivity index (χ0n) is 11.1. The van der Waals surface area contributed by atoms with Gasteiger partial charge in [0.05, 0.1) is 17.6 Å². The molecule has 1 aromatic heterocycles. The predicted molar refractivity (Wildman–Crippen MR) is 78.2 cm³/mol. The molecule has 4 nitrogen and oxygen atoms in total. The summed E-state index contributed by atoms with van der Waals surface area (Å²) >= 11 is 7.49. The lowest BCUT2D eigenvalue weighted by molar-refractivity contribution is -0.123. The first-order valence-electron chi connectivity index (χ1n) is 6.69. The number of carbonyl (C=O) groups is 1. The summed E-state index contributed by atoms with van der Waals surface area (Å²) in [5.41, 5.74) is 6.32. The van der Waals surface area contributed by atoms with Gasteiger partial charge in [0.1, 0.15) is 5.01 Å². The second-order valence-corrected chi connectivity index (χ2v) is 6.10. The Labute approximate surface area is 122 Å². The molecule has 1 aromatic rings. The number of nitrogens with zero attached hydrogens (tertiary/aromatic N) is 2. The highest BCUT2D eigenvalue weighted by molar-refractivity contribution is 7.09. The van der Waals surface area contributed by atoms with Crippen LogP contribution >= 0.6 is 22.9 Å². The Morgan fingerprint density at radius 2 is 2.32 bits per heavy atom. The molecule has 0 bridgehead atoms. The van der Waals surface area contributed by atoms with E-state index >= 15 is 0 Å². The van der Waals surface area contributed by atoms with E-state index < -0.39 is 0 Å². The topological polar surface area (TPSA) is 59.2 Å². The number of aromatic nitrogens is 1. The number of halogens is 1. The lowest BCUT2D eigenvalue weighted by Crippen LogP contribution is -2.40. The summed E-state index contributed by atoms with van der Waals surface area (Å²) in [5.74, 6) is 0.353. The summed E-state index contributed by atoms with van der Waals surface area (Å²) in [6.45, 7) is 4.01. The molecular formula is C13H20ClN3OS. The molecule has 1 amide bonds. The van der Waals surface area contributed by atoms with Crippen molar-refractivity contribution in [2.75, 3.05) is 13.1 Å². The van der Waals surface area contributed by atoms with E-state index in [1.807, 2.05) is 5.38 Å². The molecule has 2 N–H and O–H groups in total. The third kappa shape index (κ3) is 3.46. The van der Waals surface area contributed by atoms with E-state index in [-0.39, 0.29) is 11.8 Å². The van der Waals surface area contributed by atoms with Gasteiger partial charge in [-0.2, -0.15) is 0 Å².